The molecule has 1 aromatic rings. The summed E-state index contributed by atoms with van der Waals surface area (Å²) < 4.78 is 29.7. The van der Waals surface area contributed by atoms with Crippen LogP contribution in [-0.2, 0) is 10.2 Å². The van der Waals surface area contributed by atoms with Crippen molar-refractivity contribution in [2.24, 2.45) is 5.92 Å². The van der Waals surface area contributed by atoms with Crippen LogP contribution in [0.2, 0.25) is 0 Å². The summed E-state index contributed by atoms with van der Waals surface area (Å²) in [6.45, 7) is 6.77. The summed E-state index contributed by atoms with van der Waals surface area (Å²) in [6, 6.07) is 1.83. The number of aryl methyl sites for hydroxylation is 1. The number of aromatic nitrogens is 2. The summed E-state index contributed by atoms with van der Waals surface area (Å²) in [6.07, 6.45) is 5.72. The Bertz CT molecular complexity index is 660. The number of nitrogens with zero attached hydrogens (tertiary/aromatic N) is 4. The number of rotatable bonds is 6. The molecule has 2 fully saturated rings. The van der Waals surface area contributed by atoms with Crippen LogP contribution in [0.3, 0.4) is 0 Å². The van der Waals surface area contributed by atoms with E-state index in [9.17, 15) is 8.42 Å². The minimum atomic E-state index is -3.38. The van der Waals surface area contributed by atoms with Crippen molar-refractivity contribution in [1.29, 1.82) is 0 Å². The van der Waals surface area contributed by atoms with E-state index >= 15 is 0 Å². The Hall–Kier alpha value is -1.25. The van der Waals surface area contributed by atoms with E-state index in [0.717, 1.165) is 43.9 Å². The van der Waals surface area contributed by atoms with Crippen molar-refractivity contribution in [2.45, 2.75) is 45.6 Å². The van der Waals surface area contributed by atoms with Crippen LogP contribution in [0.4, 0.5) is 5.82 Å². The average Bonchev–Trinajstić information content (AvgIpc) is 3.18. The van der Waals surface area contributed by atoms with Crippen LogP contribution < -0.4 is 9.62 Å². The summed E-state index contributed by atoms with van der Waals surface area (Å²) in [7, 11) is -3.38. The van der Waals surface area contributed by atoms with E-state index < -0.39 is 10.2 Å². The van der Waals surface area contributed by atoms with Crippen molar-refractivity contribution in [2.75, 3.05) is 31.1 Å². The highest BCUT2D eigenvalue weighted by Crippen LogP contribution is 2.27. The molecule has 0 spiro atoms. The molecule has 2 atom stereocenters. The van der Waals surface area contributed by atoms with Crippen molar-refractivity contribution >= 4 is 16.0 Å². The molecule has 3 rings (SSSR count). The average molecular weight is 353 g/mol. The minimum Gasteiger partial charge on any atom is -0.355 e. The second-order valence-corrected chi connectivity index (χ2v) is 8.45. The Balaban J connectivity index is 1.73. The van der Waals surface area contributed by atoms with E-state index in [1.807, 2.05) is 13.0 Å². The number of hydrogen-bond donors (Lipinski definition) is 1. The fourth-order valence-corrected chi connectivity index (χ4v) is 5.21. The lowest BCUT2D eigenvalue weighted by atomic mass is 9.99. The molecule has 0 radical (unpaired) electrons. The maximum absolute atomic E-state index is 12.6. The van der Waals surface area contributed by atoms with E-state index in [-0.39, 0.29) is 6.04 Å². The largest absolute Gasteiger partial charge is 0.355 e. The van der Waals surface area contributed by atoms with Gasteiger partial charge in [0, 0.05) is 38.4 Å². The summed E-state index contributed by atoms with van der Waals surface area (Å²) in [5, 5.41) is 0. The third kappa shape index (κ3) is 3.87. The van der Waals surface area contributed by atoms with Gasteiger partial charge in [0.05, 0.1) is 0 Å². The number of hydrogen-bond acceptors (Lipinski definition) is 5. The molecular formula is C16H27N5O2S. The van der Waals surface area contributed by atoms with Crippen molar-refractivity contribution < 1.29 is 8.42 Å². The van der Waals surface area contributed by atoms with Crippen LogP contribution in [0.1, 0.15) is 38.4 Å². The van der Waals surface area contributed by atoms with Crippen molar-refractivity contribution in [1.82, 2.24) is 19.0 Å². The van der Waals surface area contributed by atoms with Gasteiger partial charge in [-0.25, -0.2) is 9.97 Å². The Morgan fingerprint density at radius 1 is 1.29 bits per heavy atom. The van der Waals surface area contributed by atoms with Crippen LogP contribution in [0.15, 0.2) is 12.3 Å². The third-order valence-electron chi connectivity index (χ3n) is 4.89. The van der Waals surface area contributed by atoms with Gasteiger partial charge in [0.25, 0.3) is 10.2 Å². The lowest BCUT2D eigenvalue weighted by molar-refractivity contribution is 0.412. The molecule has 0 aromatic carbocycles. The standard InChI is InChI=1S/C16H27N5O2S/c1-3-6-14-11-20(16-7-8-17-13(2)18-16)12-15(14)19-24(22,23)21-9-4-5-10-21/h7-8,14-15,19H,3-6,9-12H2,1-2H3/t14-,15-/m0/s1. The number of nitrogens with one attached hydrogen (secondary N) is 1. The normalized spacial score (nSPS) is 25.5. The first kappa shape index (κ1) is 17.6. The zero-order valence-corrected chi connectivity index (χ0v) is 15.3. The molecule has 2 aliphatic heterocycles. The van der Waals surface area contributed by atoms with Gasteiger partial charge in [-0.2, -0.15) is 17.4 Å². The van der Waals surface area contributed by atoms with E-state index in [4.69, 9.17) is 0 Å². The molecule has 2 saturated heterocycles. The van der Waals surface area contributed by atoms with Crippen molar-refractivity contribution in [3.63, 3.8) is 0 Å². The second-order valence-electron chi connectivity index (χ2n) is 6.75. The molecule has 0 bridgehead atoms. The SMILES string of the molecule is CCC[C@H]1CN(c2ccnc(C)n2)C[C@@H]1NS(=O)(=O)N1CCCC1. The lowest BCUT2D eigenvalue weighted by Gasteiger charge is -2.23. The van der Waals surface area contributed by atoms with E-state index in [2.05, 4.69) is 26.5 Å². The summed E-state index contributed by atoms with van der Waals surface area (Å²) >= 11 is 0. The summed E-state index contributed by atoms with van der Waals surface area (Å²) in [5.41, 5.74) is 0. The second kappa shape index (κ2) is 7.33. The van der Waals surface area contributed by atoms with Crippen molar-refractivity contribution in [3.8, 4) is 0 Å². The minimum absolute atomic E-state index is 0.0641. The Kier molecular flexibility index (Phi) is 5.36. The first-order chi connectivity index (χ1) is 11.5. The number of anilines is 1. The Labute approximate surface area is 144 Å². The van der Waals surface area contributed by atoms with Gasteiger partial charge in [-0.05, 0) is 38.2 Å². The Morgan fingerprint density at radius 3 is 2.71 bits per heavy atom. The molecule has 3 heterocycles. The molecule has 0 aliphatic carbocycles. The van der Waals surface area contributed by atoms with Crippen LogP contribution >= 0.6 is 0 Å². The Morgan fingerprint density at radius 2 is 2.04 bits per heavy atom. The highest BCUT2D eigenvalue weighted by Gasteiger charge is 2.37. The van der Waals surface area contributed by atoms with Crippen LogP contribution in [0.25, 0.3) is 0 Å². The smallest absolute Gasteiger partial charge is 0.279 e. The highest BCUT2D eigenvalue weighted by atomic mass is 32.2. The van der Waals surface area contributed by atoms with Gasteiger partial charge < -0.3 is 4.90 Å². The molecule has 1 aromatic heterocycles. The van der Waals surface area contributed by atoms with Crippen LogP contribution in [0.5, 0.6) is 0 Å². The van der Waals surface area contributed by atoms with Crippen LogP contribution in [0, 0.1) is 12.8 Å². The lowest BCUT2D eigenvalue weighted by Crippen LogP contribution is -2.47. The third-order valence-corrected chi connectivity index (χ3v) is 6.54. The summed E-state index contributed by atoms with van der Waals surface area (Å²) in [5.74, 6) is 1.93. The molecule has 1 N–H and O–H groups in total. The van der Waals surface area contributed by atoms with Gasteiger partial charge in [-0.1, -0.05) is 13.3 Å². The van der Waals surface area contributed by atoms with E-state index in [1.165, 1.54) is 0 Å². The van der Waals surface area contributed by atoms with Gasteiger partial charge in [0.2, 0.25) is 0 Å². The van der Waals surface area contributed by atoms with E-state index in [0.29, 0.717) is 25.6 Å². The molecular weight excluding hydrogens is 326 g/mol. The molecule has 0 amide bonds. The molecule has 7 nitrogen and oxygen atoms in total. The monoisotopic (exact) mass is 353 g/mol. The predicted octanol–water partition coefficient (Wildman–Crippen LogP) is 1.32. The maximum atomic E-state index is 12.6. The molecule has 0 unspecified atom stereocenters. The van der Waals surface area contributed by atoms with Crippen LogP contribution in [-0.4, -0.2) is 54.9 Å². The van der Waals surface area contributed by atoms with E-state index in [1.54, 1.807) is 10.5 Å². The summed E-state index contributed by atoms with van der Waals surface area (Å²) in [4.78, 5) is 10.8. The van der Waals surface area contributed by atoms with Gasteiger partial charge in [-0.15, -0.1) is 0 Å². The fourth-order valence-electron chi connectivity index (χ4n) is 3.67. The molecule has 0 saturated carbocycles. The van der Waals surface area contributed by atoms with Gasteiger partial charge >= 0.3 is 0 Å². The highest BCUT2D eigenvalue weighted by molar-refractivity contribution is 7.87. The quantitative estimate of drug-likeness (QED) is 0.834. The zero-order chi connectivity index (χ0) is 17.2. The maximum Gasteiger partial charge on any atom is 0.279 e. The van der Waals surface area contributed by atoms with Gasteiger partial charge in [0.1, 0.15) is 11.6 Å². The van der Waals surface area contributed by atoms with Crippen molar-refractivity contribution in [3.05, 3.63) is 18.1 Å². The molecule has 8 heteroatoms. The molecule has 2 aliphatic rings. The van der Waals surface area contributed by atoms with Gasteiger partial charge in [0.15, 0.2) is 0 Å². The fraction of sp³-hybridized carbons (Fsp3) is 0.750. The molecule has 134 valence electrons. The van der Waals surface area contributed by atoms with Gasteiger partial charge in [-0.3, -0.25) is 0 Å². The predicted molar refractivity (Wildman–Crippen MR) is 94.0 cm³/mol. The topological polar surface area (TPSA) is 78.4 Å². The molecule has 24 heavy (non-hydrogen) atoms. The zero-order valence-electron chi connectivity index (χ0n) is 14.5. The first-order valence-corrected chi connectivity index (χ1v) is 10.3. The first-order valence-electron chi connectivity index (χ1n) is 8.81.